The molecule has 2 N–H and O–H groups in total. The van der Waals surface area contributed by atoms with Crippen molar-refractivity contribution >= 4 is 28.1 Å². The third kappa shape index (κ3) is 2.91. The fourth-order valence-electron chi connectivity index (χ4n) is 2.20. The Morgan fingerprint density at radius 1 is 1.33 bits per heavy atom. The van der Waals surface area contributed by atoms with E-state index in [0.29, 0.717) is 4.99 Å². The minimum Gasteiger partial charge on any atom is -0.389 e. The molecule has 0 unspecified atom stereocenters. The van der Waals surface area contributed by atoms with Crippen molar-refractivity contribution in [2.75, 3.05) is 0 Å². The molecule has 0 aliphatic carbocycles. The highest BCUT2D eigenvalue weighted by Crippen LogP contribution is 2.19. The lowest BCUT2D eigenvalue weighted by Crippen LogP contribution is -2.09. The number of hydrogen-bond donors (Lipinski definition) is 1. The Balaban J connectivity index is 2.22. The van der Waals surface area contributed by atoms with Gasteiger partial charge in [0.25, 0.3) is 0 Å². The van der Waals surface area contributed by atoms with Crippen LogP contribution in [0, 0.1) is 5.92 Å². The van der Waals surface area contributed by atoms with Crippen LogP contribution in [0.3, 0.4) is 0 Å². The molecule has 0 bridgehead atoms. The second kappa shape index (κ2) is 5.53. The molecule has 0 amide bonds. The van der Waals surface area contributed by atoms with Crippen molar-refractivity contribution in [1.82, 2.24) is 4.57 Å². The molecule has 0 atom stereocenters. The van der Waals surface area contributed by atoms with Gasteiger partial charge in [0.05, 0.1) is 0 Å². The number of thiocarbonyl (C=S) groups is 1. The van der Waals surface area contributed by atoms with Gasteiger partial charge in [0.15, 0.2) is 0 Å². The van der Waals surface area contributed by atoms with Crippen molar-refractivity contribution in [3.8, 4) is 0 Å². The van der Waals surface area contributed by atoms with Crippen molar-refractivity contribution in [3.05, 3.63) is 36.0 Å². The van der Waals surface area contributed by atoms with Crippen LogP contribution in [-0.4, -0.2) is 9.56 Å². The quantitative estimate of drug-likeness (QED) is 0.831. The first-order chi connectivity index (χ1) is 8.58. The molecule has 0 radical (unpaired) electrons. The van der Waals surface area contributed by atoms with Gasteiger partial charge in [0, 0.05) is 23.8 Å². The highest BCUT2D eigenvalue weighted by molar-refractivity contribution is 7.80. The summed E-state index contributed by atoms with van der Waals surface area (Å²) in [6.45, 7) is 5.58. The maximum absolute atomic E-state index is 5.69. The predicted octanol–water partition coefficient (Wildman–Crippen LogP) is 3.71. The summed E-state index contributed by atoms with van der Waals surface area (Å²) in [5.41, 5.74) is 7.86. The van der Waals surface area contributed by atoms with Crippen LogP contribution in [-0.2, 0) is 6.54 Å². The van der Waals surface area contributed by atoms with E-state index in [-0.39, 0.29) is 0 Å². The van der Waals surface area contributed by atoms with Gasteiger partial charge in [-0.2, -0.15) is 0 Å². The van der Waals surface area contributed by atoms with E-state index in [1.165, 1.54) is 23.7 Å². The molecular formula is C15H20N2S. The summed E-state index contributed by atoms with van der Waals surface area (Å²) in [5.74, 6) is 0.763. The van der Waals surface area contributed by atoms with Crippen LogP contribution in [0.4, 0.5) is 0 Å². The fraction of sp³-hybridized carbons (Fsp3) is 0.400. The smallest absolute Gasteiger partial charge is 0.104 e. The van der Waals surface area contributed by atoms with Crippen LogP contribution >= 0.6 is 12.2 Å². The zero-order chi connectivity index (χ0) is 13.1. The molecule has 1 aromatic carbocycles. The first-order valence-electron chi connectivity index (χ1n) is 6.46. The lowest BCUT2D eigenvalue weighted by molar-refractivity contribution is 0.518. The topological polar surface area (TPSA) is 30.9 Å². The SMILES string of the molecule is CC(C)CCCn1ccc2ccc(C(N)=S)cc21. The van der Waals surface area contributed by atoms with Gasteiger partial charge in [-0.1, -0.05) is 38.2 Å². The molecule has 0 aliphatic heterocycles. The molecule has 96 valence electrons. The standard InChI is InChI=1S/C15H20N2S/c1-11(2)4-3-8-17-9-7-12-5-6-13(15(16)18)10-14(12)17/h5-7,9-11H,3-4,8H2,1-2H3,(H2,16,18). The summed E-state index contributed by atoms with van der Waals surface area (Å²) < 4.78 is 2.29. The summed E-state index contributed by atoms with van der Waals surface area (Å²) in [7, 11) is 0. The first-order valence-corrected chi connectivity index (χ1v) is 6.87. The first kappa shape index (κ1) is 13.1. The molecule has 3 heteroatoms. The van der Waals surface area contributed by atoms with Crippen molar-refractivity contribution in [3.63, 3.8) is 0 Å². The van der Waals surface area contributed by atoms with Crippen LogP contribution in [0.1, 0.15) is 32.3 Å². The minimum atomic E-state index is 0.465. The second-order valence-corrected chi connectivity index (χ2v) is 5.62. The Labute approximate surface area is 114 Å². The molecule has 18 heavy (non-hydrogen) atoms. The predicted molar refractivity (Wildman–Crippen MR) is 81.9 cm³/mol. The average molecular weight is 260 g/mol. The maximum atomic E-state index is 5.69. The largest absolute Gasteiger partial charge is 0.389 e. The summed E-state index contributed by atoms with van der Waals surface area (Å²) in [6.07, 6.45) is 4.61. The third-order valence-corrected chi connectivity index (χ3v) is 3.47. The Morgan fingerprint density at radius 2 is 2.11 bits per heavy atom. The van der Waals surface area contributed by atoms with Crippen LogP contribution in [0.25, 0.3) is 10.9 Å². The number of rotatable bonds is 5. The average Bonchev–Trinajstić information content (AvgIpc) is 2.71. The normalized spacial score (nSPS) is 11.3. The van der Waals surface area contributed by atoms with Gasteiger partial charge in [-0.15, -0.1) is 0 Å². The van der Waals surface area contributed by atoms with Gasteiger partial charge in [0.2, 0.25) is 0 Å². The maximum Gasteiger partial charge on any atom is 0.104 e. The molecule has 2 aromatic rings. The summed E-state index contributed by atoms with van der Waals surface area (Å²) in [4.78, 5) is 0.465. The molecule has 1 aromatic heterocycles. The zero-order valence-corrected chi connectivity index (χ0v) is 11.8. The molecule has 0 spiro atoms. The Morgan fingerprint density at radius 3 is 2.78 bits per heavy atom. The van der Waals surface area contributed by atoms with Crippen LogP contribution in [0.5, 0.6) is 0 Å². The van der Waals surface area contributed by atoms with E-state index in [9.17, 15) is 0 Å². The summed E-state index contributed by atoms with van der Waals surface area (Å²) in [5, 5.41) is 1.25. The lowest BCUT2D eigenvalue weighted by Gasteiger charge is -2.08. The van der Waals surface area contributed by atoms with Gasteiger partial charge in [-0.25, -0.2) is 0 Å². The number of benzene rings is 1. The van der Waals surface area contributed by atoms with E-state index in [0.717, 1.165) is 18.0 Å². The molecule has 1 heterocycles. The number of fused-ring (bicyclic) bond motifs is 1. The number of aryl methyl sites for hydroxylation is 1. The minimum absolute atomic E-state index is 0.465. The van der Waals surface area contributed by atoms with Crippen molar-refractivity contribution in [2.24, 2.45) is 11.7 Å². The van der Waals surface area contributed by atoms with E-state index in [4.69, 9.17) is 18.0 Å². The fourth-order valence-corrected chi connectivity index (χ4v) is 2.33. The monoisotopic (exact) mass is 260 g/mol. The zero-order valence-electron chi connectivity index (χ0n) is 11.0. The summed E-state index contributed by atoms with van der Waals surface area (Å²) >= 11 is 5.03. The number of nitrogens with zero attached hydrogens (tertiary/aromatic N) is 1. The molecule has 0 saturated carbocycles. The number of aromatic nitrogens is 1. The van der Waals surface area contributed by atoms with Crippen molar-refractivity contribution in [1.29, 1.82) is 0 Å². The lowest BCUT2D eigenvalue weighted by atomic mass is 10.1. The Bertz CT molecular complexity index is 555. The molecule has 0 fully saturated rings. The van der Waals surface area contributed by atoms with Crippen molar-refractivity contribution < 1.29 is 0 Å². The van der Waals surface area contributed by atoms with Gasteiger partial charge in [0.1, 0.15) is 4.99 Å². The van der Waals surface area contributed by atoms with Gasteiger partial charge in [-0.05, 0) is 36.3 Å². The Kier molecular flexibility index (Phi) is 4.02. The van der Waals surface area contributed by atoms with Crippen LogP contribution in [0.2, 0.25) is 0 Å². The molecular weight excluding hydrogens is 240 g/mol. The molecule has 2 rings (SSSR count). The highest BCUT2D eigenvalue weighted by Gasteiger charge is 2.04. The van der Waals surface area contributed by atoms with Crippen LogP contribution < -0.4 is 5.73 Å². The third-order valence-electron chi connectivity index (χ3n) is 3.24. The van der Waals surface area contributed by atoms with E-state index in [1.807, 2.05) is 6.07 Å². The van der Waals surface area contributed by atoms with Gasteiger partial charge in [-0.3, -0.25) is 0 Å². The van der Waals surface area contributed by atoms with E-state index < -0.39 is 0 Å². The molecule has 2 nitrogen and oxygen atoms in total. The second-order valence-electron chi connectivity index (χ2n) is 5.18. The summed E-state index contributed by atoms with van der Waals surface area (Å²) in [6, 6.07) is 8.31. The van der Waals surface area contributed by atoms with Gasteiger partial charge >= 0.3 is 0 Å². The number of nitrogens with two attached hydrogens (primary N) is 1. The van der Waals surface area contributed by atoms with Crippen LogP contribution in [0.15, 0.2) is 30.5 Å². The molecule has 0 aliphatic rings. The Hall–Kier alpha value is -1.35. The number of hydrogen-bond acceptors (Lipinski definition) is 1. The van der Waals surface area contributed by atoms with E-state index in [1.54, 1.807) is 0 Å². The van der Waals surface area contributed by atoms with E-state index >= 15 is 0 Å². The highest BCUT2D eigenvalue weighted by atomic mass is 32.1. The van der Waals surface area contributed by atoms with Crippen molar-refractivity contribution in [2.45, 2.75) is 33.2 Å². The van der Waals surface area contributed by atoms with E-state index in [2.05, 4.69) is 42.8 Å². The molecule has 0 saturated heterocycles. The van der Waals surface area contributed by atoms with Gasteiger partial charge < -0.3 is 10.3 Å².